The Hall–Kier alpha value is -2.80. The fourth-order valence-electron chi connectivity index (χ4n) is 2.04. The van der Waals surface area contributed by atoms with Gasteiger partial charge in [0.15, 0.2) is 0 Å². The van der Waals surface area contributed by atoms with E-state index in [1.807, 2.05) is 0 Å². The number of aromatic nitrogens is 1. The molecular formula is C14H8N2O4S. The van der Waals surface area contributed by atoms with Crippen molar-refractivity contribution in [3.05, 3.63) is 58.1 Å². The van der Waals surface area contributed by atoms with Crippen LogP contribution in [0, 0.1) is 10.1 Å². The number of pyridine rings is 1. The largest absolute Gasteiger partial charge is 0.478 e. The molecule has 0 atom stereocenters. The lowest BCUT2D eigenvalue weighted by molar-refractivity contribution is -0.380. The van der Waals surface area contributed by atoms with Gasteiger partial charge in [0.05, 0.1) is 26.6 Å². The molecule has 21 heavy (non-hydrogen) atoms. The summed E-state index contributed by atoms with van der Waals surface area (Å²) in [5.74, 6) is -1.05. The van der Waals surface area contributed by atoms with Gasteiger partial charge in [-0.15, -0.1) is 0 Å². The Kier molecular flexibility index (Phi) is 3.11. The van der Waals surface area contributed by atoms with Gasteiger partial charge in [-0.2, -0.15) is 0 Å². The first-order valence-electron chi connectivity index (χ1n) is 5.94. The molecule has 0 amide bonds. The zero-order chi connectivity index (χ0) is 15.0. The summed E-state index contributed by atoms with van der Waals surface area (Å²) in [5, 5.41) is 20.6. The second-order valence-electron chi connectivity index (χ2n) is 4.27. The zero-order valence-corrected chi connectivity index (χ0v) is 11.3. The normalized spacial score (nSPS) is 10.7. The van der Waals surface area contributed by atoms with Gasteiger partial charge in [-0.1, -0.05) is 29.5 Å². The average Bonchev–Trinajstić information content (AvgIpc) is 2.96. The third-order valence-electron chi connectivity index (χ3n) is 2.97. The van der Waals surface area contributed by atoms with Gasteiger partial charge < -0.3 is 5.11 Å². The highest BCUT2D eigenvalue weighted by molar-refractivity contribution is 7.18. The monoisotopic (exact) mass is 300 g/mol. The number of carboxylic acid groups (broad SMARTS) is 1. The van der Waals surface area contributed by atoms with Crippen molar-refractivity contribution in [2.24, 2.45) is 0 Å². The Morgan fingerprint density at radius 3 is 2.67 bits per heavy atom. The number of nitro groups is 1. The first-order chi connectivity index (χ1) is 10.1. The molecule has 0 spiro atoms. The van der Waals surface area contributed by atoms with Crippen molar-refractivity contribution in [2.75, 3.05) is 0 Å². The zero-order valence-electron chi connectivity index (χ0n) is 10.5. The van der Waals surface area contributed by atoms with Crippen LogP contribution >= 0.6 is 11.3 Å². The lowest BCUT2D eigenvalue weighted by Gasteiger charge is -2.05. The van der Waals surface area contributed by atoms with Gasteiger partial charge >= 0.3 is 11.0 Å². The van der Waals surface area contributed by atoms with Crippen molar-refractivity contribution in [1.29, 1.82) is 0 Å². The number of nitrogens with zero attached hydrogens (tertiary/aromatic N) is 2. The van der Waals surface area contributed by atoms with Crippen molar-refractivity contribution in [3.63, 3.8) is 0 Å². The molecule has 104 valence electrons. The molecule has 0 saturated heterocycles. The topological polar surface area (TPSA) is 93.3 Å². The molecule has 7 heteroatoms. The van der Waals surface area contributed by atoms with Crippen LogP contribution in [0.1, 0.15) is 10.4 Å². The van der Waals surface area contributed by atoms with Gasteiger partial charge in [0.1, 0.15) is 0 Å². The molecule has 0 bridgehead atoms. The second-order valence-corrected chi connectivity index (χ2v) is 5.33. The maximum Gasteiger partial charge on any atom is 0.336 e. The highest BCUT2D eigenvalue weighted by atomic mass is 32.1. The third-order valence-corrected chi connectivity index (χ3v) is 4.03. The smallest absolute Gasteiger partial charge is 0.336 e. The Bertz CT molecular complexity index is 872. The van der Waals surface area contributed by atoms with Crippen LogP contribution in [0.3, 0.4) is 0 Å². The molecule has 2 aromatic heterocycles. The van der Waals surface area contributed by atoms with Crippen LogP contribution in [0.5, 0.6) is 0 Å². The van der Waals surface area contributed by atoms with E-state index in [1.54, 1.807) is 30.3 Å². The molecule has 0 aliphatic heterocycles. The summed E-state index contributed by atoms with van der Waals surface area (Å²) < 4.78 is 0. The molecule has 0 saturated carbocycles. The lowest BCUT2D eigenvalue weighted by Crippen LogP contribution is -1.99. The van der Waals surface area contributed by atoms with Crippen molar-refractivity contribution < 1.29 is 14.8 Å². The van der Waals surface area contributed by atoms with Gasteiger partial charge in [0.25, 0.3) is 0 Å². The van der Waals surface area contributed by atoms with E-state index in [4.69, 9.17) is 0 Å². The van der Waals surface area contributed by atoms with Crippen molar-refractivity contribution in [3.8, 4) is 10.6 Å². The minimum Gasteiger partial charge on any atom is -0.478 e. The highest BCUT2D eigenvalue weighted by Gasteiger charge is 2.16. The molecule has 0 unspecified atom stereocenters. The van der Waals surface area contributed by atoms with E-state index in [1.165, 1.54) is 12.1 Å². The molecule has 0 fully saturated rings. The minimum absolute atomic E-state index is 0.00293. The SMILES string of the molecule is O=C(O)c1cc(-c2ccc([N+](=O)[O-])s2)nc2ccccc12. The number of carboxylic acids is 1. The number of thiophene rings is 1. The summed E-state index contributed by atoms with van der Waals surface area (Å²) in [6, 6.07) is 11.3. The van der Waals surface area contributed by atoms with Crippen LogP contribution in [0.2, 0.25) is 0 Å². The molecule has 2 heterocycles. The summed E-state index contributed by atoms with van der Waals surface area (Å²) in [5.41, 5.74) is 1.10. The number of hydrogen-bond donors (Lipinski definition) is 1. The summed E-state index contributed by atoms with van der Waals surface area (Å²) >= 11 is 0.969. The first kappa shape index (κ1) is 13.2. The minimum atomic E-state index is -1.05. The Balaban J connectivity index is 2.23. The number of fused-ring (bicyclic) bond motifs is 1. The van der Waals surface area contributed by atoms with Crippen LogP contribution < -0.4 is 0 Å². The lowest BCUT2D eigenvalue weighted by atomic mass is 10.1. The molecule has 0 aliphatic carbocycles. The van der Waals surface area contributed by atoms with Gasteiger partial charge in [-0.3, -0.25) is 10.1 Å². The number of para-hydroxylation sites is 1. The maximum absolute atomic E-state index is 11.4. The predicted molar refractivity (Wildman–Crippen MR) is 78.7 cm³/mol. The van der Waals surface area contributed by atoms with E-state index in [0.717, 1.165) is 11.3 Å². The molecule has 1 aromatic carbocycles. The number of aromatic carboxylic acids is 1. The standard InChI is InChI=1S/C14H8N2O4S/c17-14(18)9-7-11(12-5-6-13(21-12)16(19)20)15-10-4-2-1-3-8(9)10/h1-7H,(H,17,18). The summed E-state index contributed by atoms with van der Waals surface area (Å²) in [6.45, 7) is 0. The van der Waals surface area contributed by atoms with Crippen LogP contribution in [-0.2, 0) is 0 Å². The Morgan fingerprint density at radius 1 is 1.24 bits per heavy atom. The van der Waals surface area contributed by atoms with Crippen LogP contribution in [-0.4, -0.2) is 21.0 Å². The number of carbonyl (C=O) groups is 1. The van der Waals surface area contributed by atoms with Gasteiger partial charge in [-0.05, 0) is 18.2 Å². The fourth-order valence-corrected chi connectivity index (χ4v) is 2.82. The molecule has 1 N–H and O–H groups in total. The highest BCUT2D eigenvalue weighted by Crippen LogP contribution is 2.33. The number of benzene rings is 1. The summed E-state index contributed by atoms with van der Waals surface area (Å²) in [4.78, 5) is 26.6. The average molecular weight is 300 g/mol. The molecule has 6 nitrogen and oxygen atoms in total. The van der Waals surface area contributed by atoms with E-state index >= 15 is 0 Å². The van der Waals surface area contributed by atoms with Crippen LogP contribution in [0.4, 0.5) is 5.00 Å². The summed E-state index contributed by atoms with van der Waals surface area (Å²) in [6.07, 6.45) is 0. The first-order valence-corrected chi connectivity index (χ1v) is 6.75. The van der Waals surface area contributed by atoms with E-state index in [2.05, 4.69) is 4.98 Å². The second kappa shape index (κ2) is 4.95. The fraction of sp³-hybridized carbons (Fsp3) is 0. The van der Waals surface area contributed by atoms with Gasteiger partial charge in [0, 0.05) is 11.5 Å². The van der Waals surface area contributed by atoms with E-state index in [-0.39, 0.29) is 10.6 Å². The molecule has 0 radical (unpaired) electrons. The number of rotatable bonds is 3. The van der Waals surface area contributed by atoms with Crippen LogP contribution in [0.25, 0.3) is 21.5 Å². The molecule has 3 aromatic rings. The Labute approximate surface area is 122 Å². The van der Waals surface area contributed by atoms with Crippen LogP contribution in [0.15, 0.2) is 42.5 Å². The molecular weight excluding hydrogens is 292 g/mol. The summed E-state index contributed by atoms with van der Waals surface area (Å²) in [7, 11) is 0. The molecule has 0 aliphatic rings. The number of hydrogen-bond acceptors (Lipinski definition) is 5. The van der Waals surface area contributed by atoms with Gasteiger partial charge in [-0.25, -0.2) is 9.78 Å². The maximum atomic E-state index is 11.4. The van der Waals surface area contributed by atoms with Crippen molar-refractivity contribution in [1.82, 2.24) is 4.98 Å². The Morgan fingerprint density at radius 2 is 2.00 bits per heavy atom. The molecule has 3 rings (SSSR count). The van der Waals surface area contributed by atoms with Crippen molar-refractivity contribution in [2.45, 2.75) is 0 Å². The van der Waals surface area contributed by atoms with E-state index in [9.17, 15) is 20.0 Å². The predicted octanol–water partition coefficient (Wildman–Crippen LogP) is 3.57. The van der Waals surface area contributed by atoms with Crippen molar-refractivity contribution >= 4 is 33.2 Å². The van der Waals surface area contributed by atoms with E-state index in [0.29, 0.717) is 21.5 Å². The van der Waals surface area contributed by atoms with Gasteiger partial charge in [0.2, 0.25) is 0 Å². The quantitative estimate of drug-likeness (QED) is 0.589. The third kappa shape index (κ3) is 2.34. The van der Waals surface area contributed by atoms with E-state index < -0.39 is 10.9 Å².